The Morgan fingerprint density at radius 2 is 0.966 bits per heavy atom. The maximum Gasteiger partial charge on any atom is 0.263 e. The highest BCUT2D eigenvalue weighted by Crippen LogP contribution is 2.46. The summed E-state index contributed by atoms with van der Waals surface area (Å²) in [4.78, 5) is 14.5. The third-order valence-electron chi connectivity index (χ3n) is 13.0. The van der Waals surface area contributed by atoms with Crippen molar-refractivity contribution < 1.29 is 4.42 Å². The monoisotopic (exact) mass is 750 g/mol. The number of rotatable bonds is 2. The van der Waals surface area contributed by atoms with Crippen LogP contribution in [0.3, 0.4) is 0 Å². The number of pyridine rings is 1. The average molecular weight is 751 g/mol. The zero-order chi connectivity index (χ0) is 38.5. The fourth-order valence-electron chi connectivity index (χ4n) is 10.6. The van der Waals surface area contributed by atoms with Gasteiger partial charge in [0.15, 0.2) is 0 Å². The van der Waals surface area contributed by atoms with Gasteiger partial charge in [-0.05, 0) is 97.4 Å². The topological polar surface area (TPSA) is 39.5 Å². The van der Waals surface area contributed by atoms with Crippen LogP contribution in [0.25, 0.3) is 131 Å². The molecule has 0 N–H and O–H groups in total. The van der Waals surface area contributed by atoms with E-state index in [1.165, 1.54) is 43.1 Å². The molecule has 0 bridgehead atoms. The van der Waals surface area contributed by atoms with Gasteiger partial charge >= 0.3 is 0 Å². The van der Waals surface area contributed by atoms with Gasteiger partial charge in [0.25, 0.3) is 5.56 Å². The van der Waals surface area contributed by atoms with Crippen LogP contribution < -0.4 is 5.56 Å². The molecular weight excluding hydrogens is 721 g/mol. The van der Waals surface area contributed by atoms with Crippen LogP contribution in [0.5, 0.6) is 0 Å². The van der Waals surface area contributed by atoms with Gasteiger partial charge in [-0.3, -0.25) is 9.20 Å². The van der Waals surface area contributed by atoms with Gasteiger partial charge in [-0.25, -0.2) is 0 Å². The van der Waals surface area contributed by atoms with E-state index in [1.807, 2.05) is 28.7 Å². The van der Waals surface area contributed by atoms with E-state index in [0.29, 0.717) is 0 Å². The van der Waals surface area contributed by atoms with Crippen LogP contribution in [0.2, 0.25) is 0 Å². The summed E-state index contributed by atoms with van der Waals surface area (Å²) in [5, 5.41) is 16.8. The first-order chi connectivity index (χ1) is 29.2. The molecule has 14 rings (SSSR count). The fraction of sp³-hybridized carbons (Fsp3) is 0. The number of nitrogens with zero attached hydrogens (tertiary/aromatic N) is 2. The van der Waals surface area contributed by atoms with Crippen molar-refractivity contribution >= 4 is 114 Å². The lowest BCUT2D eigenvalue weighted by Crippen LogP contribution is -2.12. The molecule has 0 amide bonds. The molecule has 0 saturated carbocycles. The van der Waals surface area contributed by atoms with Gasteiger partial charge < -0.3 is 8.98 Å². The normalized spacial score (nSPS) is 12.5. The van der Waals surface area contributed by atoms with Crippen molar-refractivity contribution in [3.05, 3.63) is 192 Å². The summed E-state index contributed by atoms with van der Waals surface area (Å²) in [5.74, 6) is 0. The second kappa shape index (κ2) is 11.1. The van der Waals surface area contributed by atoms with E-state index in [0.717, 1.165) is 87.8 Å². The molecular formula is C55H30N2O2. The summed E-state index contributed by atoms with van der Waals surface area (Å²) >= 11 is 0. The Morgan fingerprint density at radius 1 is 0.356 bits per heavy atom. The number of hydrogen-bond donors (Lipinski definition) is 0. The molecule has 0 aliphatic rings. The lowest BCUT2D eigenvalue weighted by molar-refractivity contribution is 0.669. The minimum absolute atomic E-state index is 0.00914. The van der Waals surface area contributed by atoms with Crippen LogP contribution in [0, 0.1) is 0 Å². The van der Waals surface area contributed by atoms with Gasteiger partial charge in [0.2, 0.25) is 0 Å². The van der Waals surface area contributed by atoms with E-state index < -0.39 is 0 Å². The van der Waals surface area contributed by atoms with Crippen molar-refractivity contribution in [2.75, 3.05) is 0 Å². The maximum absolute atomic E-state index is 14.5. The third kappa shape index (κ3) is 3.95. The van der Waals surface area contributed by atoms with Crippen LogP contribution in [0.15, 0.2) is 191 Å². The van der Waals surface area contributed by atoms with Crippen LogP contribution in [-0.4, -0.2) is 8.97 Å². The second-order valence-electron chi connectivity index (χ2n) is 15.9. The number of furan rings is 1. The average Bonchev–Trinajstić information content (AvgIpc) is 3.96. The second-order valence-corrected chi connectivity index (χ2v) is 15.9. The molecule has 0 radical (unpaired) electrons. The lowest BCUT2D eigenvalue weighted by Gasteiger charge is -2.18. The Bertz CT molecular complexity index is 4220. The van der Waals surface area contributed by atoms with Gasteiger partial charge in [-0.1, -0.05) is 133 Å². The summed E-state index contributed by atoms with van der Waals surface area (Å²) in [6, 6.07) is 64.9. The van der Waals surface area contributed by atoms with Crippen molar-refractivity contribution in [1.82, 2.24) is 8.97 Å². The number of aromatic nitrogens is 2. The number of fused-ring (bicyclic) bond motifs is 18. The molecule has 4 heteroatoms. The van der Waals surface area contributed by atoms with E-state index >= 15 is 0 Å². The van der Waals surface area contributed by atoms with Crippen molar-refractivity contribution in [2.45, 2.75) is 0 Å². The lowest BCUT2D eigenvalue weighted by atomic mass is 9.88. The highest BCUT2D eigenvalue weighted by Gasteiger charge is 2.23. The molecule has 4 aromatic heterocycles. The molecule has 10 aromatic carbocycles. The first kappa shape index (κ1) is 31.2. The van der Waals surface area contributed by atoms with Crippen molar-refractivity contribution in [3.63, 3.8) is 0 Å². The van der Waals surface area contributed by atoms with Gasteiger partial charge in [0.1, 0.15) is 11.2 Å². The summed E-state index contributed by atoms with van der Waals surface area (Å²) in [6.45, 7) is 0. The molecule has 0 fully saturated rings. The molecule has 14 aromatic rings. The SMILES string of the molecule is O=c1c2ccccc2c2cccc3c4ccc(-c5cc(-n6c7ccccc7c7c8c(ccc76)oc6ccccc68)cc6c7ccccc7c7ccccc7c56)cc4n1c23. The molecule has 0 unspecified atom stereocenters. The molecule has 4 nitrogen and oxygen atoms in total. The number of para-hydroxylation sites is 3. The fourth-order valence-corrected chi connectivity index (χ4v) is 10.6. The number of benzene rings is 10. The Labute approximate surface area is 335 Å². The Kier molecular flexibility index (Phi) is 5.88. The predicted octanol–water partition coefficient (Wildman–Crippen LogP) is 14.3. The predicted molar refractivity (Wildman–Crippen MR) is 247 cm³/mol. The van der Waals surface area contributed by atoms with Gasteiger partial charge in [-0.15, -0.1) is 0 Å². The standard InChI is InChI=1S/C55H30N2O2/c58-55-41-17-6-4-15-36(41)39-20-11-21-40-37-25-24-31(28-48(37)57(55)54(39)40)44-29-32(30-45-35-14-2-1-12-33(35)34-13-3-5-16-38(34)51(44)45)56-46-22-9-7-18-42(46)52-47(56)26-27-50-53(52)43-19-8-10-23-49(43)59-50/h1-30H. The summed E-state index contributed by atoms with van der Waals surface area (Å²) in [6.07, 6.45) is 0. The highest BCUT2D eigenvalue weighted by atomic mass is 16.3. The van der Waals surface area contributed by atoms with Crippen LogP contribution in [0.1, 0.15) is 0 Å². The van der Waals surface area contributed by atoms with E-state index in [1.54, 1.807) is 0 Å². The van der Waals surface area contributed by atoms with E-state index in [4.69, 9.17) is 4.42 Å². The van der Waals surface area contributed by atoms with Crippen molar-refractivity contribution in [2.24, 2.45) is 0 Å². The third-order valence-corrected chi connectivity index (χ3v) is 13.0. The van der Waals surface area contributed by atoms with Crippen LogP contribution >= 0.6 is 0 Å². The van der Waals surface area contributed by atoms with Crippen molar-refractivity contribution in [1.29, 1.82) is 0 Å². The summed E-state index contributed by atoms with van der Waals surface area (Å²) in [5.41, 5.74) is 9.16. The van der Waals surface area contributed by atoms with Gasteiger partial charge in [-0.2, -0.15) is 0 Å². The molecule has 0 aliphatic heterocycles. The molecule has 4 heterocycles. The summed E-state index contributed by atoms with van der Waals surface area (Å²) < 4.78 is 10.8. The molecule has 0 spiro atoms. The van der Waals surface area contributed by atoms with Crippen LogP contribution in [-0.2, 0) is 0 Å². The van der Waals surface area contributed by atoms with Gasteiger partial charge in [0.05, 0.1) is 22.1 Å². The molecule has 0 saturated heterocycles. The first-order valence-electron chi connectivity index (χ1n) is 20.1. The molecule has 272 valence electrons. The first-order valence-corrected chi connectivity index (χ1v) is 20.1. The Balaban J connectivity index is 1.16. The minimum atomic E-state index is 0.00914. The smallest absolute Gasteiger partial charge is 0.263 e. The van der Waals surface area contributed by atoms with Gasteiger partial charge in [0, 0.05) is 48.8 Å². The summed E-state index contributed by atoms with van der Waals surface area (Å²) in [7, 11) is 0. The molecule has 0 atom stereocenters. The minimum Gasteiger partial charge on any atom is -0.456 e. The zero-order valence-electron chi connectivity index (χ0n) is 31.5. The largest absolute Gasteiger partial charge is 0.456 e. The molecule has 0 aliphatic carbocycles. The van der Waals surface area contributed by atoms with Crippen LogP contribution in [0.4, 0.5) is 0 Å². The van der Waals surface area contributed by atoms with E-state index in [2.05, 4.69) is 162 Å². The quantitative estimate of drug-likeness (QED) is 0.165. The Hall–Kier alpha value is -7.95. The van der Waals surface area contributed by atoms with Crippen molar-refractivity contribution in [3.8, 4) is 16.8 Å². The maximum atomic E-state index is 14.5. The van der Waals surface area contributed by atoms with E-state index in [9.17, 15) is 4.79 Å². The zero-order valence-corrected chi connectivity index (χ0v) is 31.5. The highest BCUT2D eigenvalue weighted by molar-refractivity contribution is 6.31. The molecule has 59 heavy (non-hydrogen) atoms. The Morgan fingerprint density at radius 3 is 1.76 bits per heavy atom. The van der Waals surface area contributed by atoms with E-state index in [-0.39, 0.29) is 5.56 Å². The number of hydrogen-bond acceptors (Lipinski definition) is 2.